The van der Waals surface area contributed by atoms with Crippen LogP contribution < -0.4 is 5.32 Å². The van der Waals surface area contributed by atoms with E-state index in [1.54, 1.807) is 47.2 Å². The van der Waals surface area contributed by atoms with Gasteiger partial charge in [-0.15, -0.1) is 0 Å². The van der Waals surface area contributed by atoms with Crippen LogP contribution in [0.15, 0.2) is 71.1 Å². The van der Waals surface area contributed by atoms with Crippen molar-refractivity contribution in [1.82, 2.24) is 24.8 Å². The summed E-state index contributed by atoms with van der Waals surface area (Å²) in [6.45, 7) is 0. The van der Waals surface area contributed by atoms with Gasteiger partial charge in [-0.2, -0.15) is 13.2 Å². The van der Waals surface area contributed by atoms with E-state index in [9.17, 15) is 27.9 Å². The average Bonchev–Trinajstić information content (AvgIpc) is 3.38. The van der Waals surface area contributed by atoms with E-state index in [1.165, 1.54) is 6.07 Å². The maximum atomic E-state index is 13.1. The molecule has 2 aliphatic rings. The van der Waals surface area contributed by atoms with Gasteiger partial charge in [0, 0.05) is 35.8 Å². The fourth-order valence-corrected chi connectivity index (χ4v) is 6.73. The number of aliphatic carboxylic acids is 1. The highest BCUT2D eigenvalue weighted by atomic mass is 79.9. The third-order valence-corrected chi connectivity index (χ3v) is 8.77. The Morgan fingerprint density at radius 3 is 2.45 bits per heavy atom. The molecule has 0 unspecified atom stereocenters. The number of carboxylic acid groups (broad SMARTS) is 1. The van der Waals surface area contributed by atoms with Crippen LogP contribution in [-0.4, -0.2) is 42.4 Å². The molecule has 216 valence electrons. The number of benzene rings is 1. The number of pyridine rings is 2. The summed E-state index contributed by atoms with van der Waals surface area (Å²) in [5.41, 5.74) is 1.90. The Balaban J connectivity index is 1.29. The largest absolute Gasteiger partial charge is 0.480 e. The zero-order valence-corrected chi connectivity index (χ0v) is 23.7. The molecule has 1 atom stereocenters. The van der Waals surface area contributed by atoms with E-state index in [-0.39, 0.29) is 12.2 Å². The summed E-state index contributed by atoms with van der Waals surface area (Å²) in [4.78, 5) is 37.6. The molecule has 1 aromatic carbocycles. The quantitative estimate of drug-likeness (QED) is 0.247. The van der Waals surface area contributed by atoms with E-state index in [0.717, 1.165) is 37.1 Å². The fourth-order valence-electron chi connectivity index (χ4n) is 5.85. The predicted octanol–water partition coefficient (Wildman–Crippen LogP) is 6.23. The number of rotatable bonds is 7. The van der Waals surface area contributed by atoms with Gasteiger partial charge in [-0.25, -0.2) is 14.8 Å². The lowest BCUT2D eigenvalue weighted by Gasteiger charge is -2.46. The molecule has 3 aromatic heterocycles. The molecule has 0 radical (unpaired) electrons. The first-order chi connectivity index (χ1) is 20.1. The lowest BCUT2D eigenvalue weighted by Crippen LogP contribution is -2.53. The van der Waals surface area contributed by atoms with E-state index < -0.39 is 29.3 Å². The van der Waals surface area contributed by atoms with Crippen LogP contribution >= 0.6 is 15.9 Å². The van der Waals surface area contributed by atoms with Crippen LogP contribution in [0.3, 0.4) is 0 Å². The minimum atomic E-state index is -4.56. The van der Waals surface area contributed by atoms with Crippen molar-refractivity contribution in [1.29, 1.82) is 0 Å². The lowest BCUT2D eigenvalue weighted by molar-refractivity contribution is -0.141. The first-order valence-corrected chi connectivity index (χ1v) is 14.3. The minimum Gasteiger partial charge on any atom is -0.480 e. The van der Waals surface area contributed by atoms with Crippen molar-refractivity contribution in [2.75, 3.05) is 0 Å². The maximum absolute atomic E-state index is 13.1. The molecule has 0 saturated heterocycles. The standard InChI is InChI=1S/C30H25BrF3N5O3/c31-23-24(29(25(23)40)12-2-1-3-13-29)37-21(28(41)42)15-17-6-9-19(10-7-17)39-26(38-20-5-4-14-35-27(20)39)18-8-11-22(36-16-18)30(32,33)34/h4-11,14,16,21,37H,1-3,12-13,15H2,(H,41,42)/t21-/m0/s1. The van der Waals surface area contributed by atoms with Gasteiger partial charge in [-0.3, -0.25) is 14.3 Å². The first kappa shape index (κ1) is 28.1. The third kappa shape index (κ3) is 4.87. The SMILES string of the molecule is O=C(O)[C@H](Cc1ccc(-n2c(-c3ccc(C(F)(F)F)nc3)nc3cccnc32)cc1)NC1=C(Br)C(=O)C12CCCCC2. The number of halogens is 4. The van der Waals surface area contributed by atoms with Crippen LogP contribution in [0.4, 0.5) is 13.2 Å². The number of nitrogens with one attached hydrogen (secondary N) is 1. The Labute approximate surface area is 246 Å². The number of ketones is 1. The molecule has 1 fully saturated rings. The van der Waals surface area contributed by atoms with Crippen molar-refractivity contribution in [2.45, 2.75) is 50.7 Å². The molecule has 3 heterocycles. The second-order valence-corrected chi connectivity index (χ2v) is 11.4. The highest BCUT2D eigenvalue weighted by Gasteiger charge is 2.53. The van der Waals surface area contributed by atoms with Gasteiger partial charge in [0.05, 0.1) is 9.90 Å². The minimum absolute atomic E-state index is 0.0402. The zero-order valence-electron chi connectivity index (χ0n) is 22.2. The van der Waals surface area contributed by atoms with E-state index in [2.05, 4.69) is 36.2 Å². The summed E-state index contributed by atoms with van der Waals surface area (Å²) in [6, 6.07) is 11.9. The number of carboxylic acids is 1. The molecule has 2 N–H and O–H groups in total. The maximum Gasteiger partial charge on any atom is 0.433 e. The molecule has 0 bridgehead atoms. The van der Waals surface area contributed by atoms with Crippen LogP contribution in [0.1, 0.15) is 43.4 Å². The molecular weight excluding hydrogens is 615 g/mol. The average molecular weight is 640 g/mol. The van der Waals surface area contributed by atoms with Gasteiger partial charge < -0.3 is 10.4 Å². The van der Waals surface area contributed by atoms with Crippen molar-refractivity contribution in [3.8, 4) is 17.1 Å². The number of hydrogen-bond donors (Lipinski definition) is 2. The lowest BCUT2D eigenvalue weighted by atomic mass is 9.62. The number of imidazole rings is 1. The normalized spacial score (nSPS) is 17.4. The van der Waals surface area contributed by atoms with Crippen molar-refractivity contribution in [3.63, 3.8) is 0 Å². The van der Waals surface area contributed by atoms with Gasteiger partial charge >= 0.3 is 12.1 Å². The summed E-state index contributed by atoms with van der Waals surface area (Å²) >= 11 is 3.36. The van der Waals surface area contributed by atoms with E-state index >= 15 is 0 Å². The molecule has 42 heavy (non-hydrogen) atoms. The van der Waals surface area contributed by atoms with Crippen LogP contribution in [0.5, 0.6) is 0 Å². The Hall–Kier alpha value is -4.06. The number of allylic oxidation sites excluding steroid dienone is 2. The number of hydrogen-bond acceptors (Lipinski definition) is 6. The summed E-state index contributed by atoms with van der Waals surface area (Å²) in [6.07, 6.45) is 2.70. The molecule has 1 saturated carbocycles. The molecule has 6 rings (SSSR count). The number of Topliss-reactive ketones (excluding diaryl/α,β-unsaturated/α-hetero) is 1. The predicted molar refractivity (Wildman–Crippen MR) is 152 cm³/mol. The Morgan fingerprint density at radius 1 is 1.07 bits per heavy atom. The zero-order chi connectivity index (χ0) is 29.6. The summed E-state index contributed by atoms with van der Waals surface area (Å²) in [5, 5.41) is 13.2. The monoisotopic (exact) mass is 639 g/mol. The van der Waals surface area contributed by atoms with Gasteiger partial charge in [0.15, 0.2) is 11.4 Å². The molecule has 0 amide bonds. The number of carbonyl (C=O) groups excluding carboxylic acids is 1. The van der Waals surface area contributed by atoms with Gasteiger partial charge in [-0.05, 0) is 70.7 Å². The Morgan fingerprint density at radius 2 is 1.81 bits per heavy atom. The molecule has 1 spiro atoms. The molecule has 2 aliphatic carbocycles. The van der Waals surface area contributed by atoms with Crippen LogP contribution in [0, 0.1) is 5.41 Å². The molecule has 8 nitrogen and oxygen atoms in total. The van der Waals surface area contributed by atoms with Crippen LogP contribution in [0.2, 0.25) is 0 Å². The molecular formula is C30H25BrF3N5O3. The number of carbonyl (C=O) groups is 2. The van der Waals surface area contributed by atoms with Crippen LogP contribution in [-0.2, 0) is 22.2 Å². The third-order valence-electron chi connectivity index (χ3n) is 8.02. The molecule has 12 heteroatoms. The molecule has 0 aliphatic heterocycles. The van der Waals surface area contributed by atoms with Gasteiger partial charge in [0.1, 0.15) is 23.1 Å². The van der Waals surface area contributed by atoms with E-state index in [1.807, 2.05) is 0 Å². The molecule has 4 aromatic rings. The van der Waals surface area contributed by atoms with Crippen molar-refractivity contribution >= 4 is 38.8 Å². The van der Waals surface area contributed by atoms with Gasteiger partial charge in [0.25, 0.3) is 0 Å². The fraction of sp³-hybridized carbons (Fsp3) is 0.300. The summed E-state index contributed by atoms with van der Waals surface area (Å²) < 4.78 is 41.4. The smallest absolute Gasteiger partial charge is 0.433 e. The first-order valence-electron chi connectivity index (χ1n) is 13.5. The number of alkyl halides is 3. The number of nitrogens with zero attached hydrogens (tertiary/aromatic N) is 4. The van der Waals surface area contributed by atoms with Gasteiger partial charge in [-0.1, -0.05) is 31.4 Å². The van der Waals surface area contributed by atoms with Crippen molar-refractivity contribution in [3.05, 3.63) is 82.4 Å². The summed E-state index contributed by atoms with van der Waals surface area (Å²) in [5.74, 6) is -0.621. The number of aromatic nitrogens is 4. The highest BCUT2D eigenvalue weighted by Crippen LogP contribution is 2.53. The van der Waals surface area contributed by atoms with Crippen molar-refractivity contribution in [2.24, 2.45) is 5.41 Å². The van der Waals surface area contributed by atoms with Crippen LogP contribution in [0.25, 0.3) is 28.2 Å². The number of fused-ring (bicyclic) bond motifs is 1. The topological polar surface area (TPSA) is 110 Å². The van der Waals surface area contributed by atoms with Gasteiger partial charge in [0.2, 0.25) is 0 Å². The van der Waals surface area contributed by atoms with E-state index in [4.69, 9.17) is 0 Å². The Bertz CT molecular complexity index is 1710. The highest BCUT2D eigenvalue weighted by molar-refractivity contribution is 9.12. The van der Waals surface area contributed by atoms with E-state index in [0.29, 0.717) is 51.3 Å². The summed E-state index contributed by atoms with van der Waals surface area (Å²) in [7, 11) is 0. The second kappa shape index (κ2) is 10.6. The second-order valence-electron chi connectivity index (χ2n) is 10.6. The Kier molecular flexibility index (Phi) is 7.12. The van der Waals surface area contributed by atoms with Crippen molar-refractivity contribution < 1.29 is 27.9 Å².